The predicted molar refractivity (Wildman–Crippen MR) is 96.2 cm³/mol. The lowest BCUT2D eigenvalue weighted by Crippen LogP contribution is -2.25. The molecule has 0 saturated heterocycles. The number of halogens is 1. The van der Waals surface area contributed by atoms with Gasteiger partial charge in [0.25, 0.3) is 5.91 Å². The van der Waals surface area contributed by atoms with Crippen LogP contribution >= 0.6 is 15.9 Å². The zero-order valence-corrected chi connectivity index (χ0v) is 14.9. The molecular formula is C17H15BrN4O3. The van der Waals surface area contributed by atoms with Crippen molar-refractivity contribution in [3.63, 3.8) is 0 Å². The molecule has 2 aromatic heterocycles. The topological polar surface area (TPSA) is 98.7 Å². The highest BCUT2D eigenvalue weighted by atomic mass is 79.9. The van der Waals surface area contributed by atoms with E-state index in [4.69, 9.17) is 10.5 Å². The number of carbonyl (C=O) groups excluding carboxylic acids is 2. The van der Waals surface area contributed by atoms with E-state index in [1.54, 1.807) is 28.9 Å². The number of benzene rings is 1. The number of rotatable bonds is 5. The molecule has 2 heterocycles. The molecule has 128 valence electrons. The molecule has 3 rings (SSSR count). The number of hydrogen-bond acceptors (Lipinski definition) is 5. The SMILES string of the molecule is COC(=O)[C@@H](Nc1c(C(N)=O)cnn2cc(Br)cc12)c1ccccc1. The molecule has 8 heteroatoms. The molecule has 0 saturated carbocycles. The lowest BCUT2D eigenvalue weighted by atomic mass is 10.1. The quantitative estimate of drug-likeness (QED) is 0.638. The van der Waals surface area contributed by atoms with Gasteiger partial charge in [-0.15, -0.1) is 0 Å². The first kappa shape index (κ1) is 17.0. The highest BCUT2D eigenvalue weighted by Gasteiger charge is 2.25. The number of amides is 1. The molecule has 25 heavy (non-hydrogen) atoms. The molecule has 0 fully saturated rings. The van der Waals surface area contributed by atoms with E-state index in [1.165, 1.54) is 13.3 Å². The van der Waals surface area contributed by atoms with Gasteiger partial charge in [-0.3, -0.25) is 4.79 Å². The zero-order chi connectivity index (χ0) is 18.0. The third-order valence-corrected chi connectivity index (χ3v) is 4.16. The van der Waals surface area contributed by atoms with Crippen LogP contribution in [0.25, 0.3) is 5.52 Å². The first-order chi connectivity index (χ1) is 12.0. The average Bonchev–Trinajstić information content (AvgIpc) is 3.00. The van der Waals surface area contributed by atoms with Gasteiger partial charge in [0.05, 0.1) is 30.1 Å². The summed E-state index contributed by atoms with van der Waals surface area (Å²) in [4.78, 5) is 24.1. The minimum Gasteiger partial charge on any atom is -0.467 e. The van der Waals surface area contributed by atoms with E-state index in [0.717, 1.165) is 4.47 Å². The molecule has 1 aromatic carbocycles. The van der Waals surface area contributed by atoms with E-state index >= 15 is 0 Å². The van der Waals surface area contributed by atoms with E-state index in [9.17, 15) is 9.59 Å². The Morgan fingerprint density at radius 1 is 1.32 bits per heavy atom. The summed E-state index contributed by atoms with van der Waals surface area (Å²) in [5, 5.41) is 7.25. The zero-order valence-electron chi connectivity index (χ0n) is 13.3. The molecule has 0 bridgehead atoms. The van der Waals surface area contributed by atoms with Gasteiger partial charge in [0.2, 0.25) is 0 Å². The second kappa shape index (κ2) is 6.94. The number of anilines is 1. The van der Waals surface area contributed by atoms with Gasteiger partial charge >= 0.3 is 5.97 Å². The van der Waals surface area contributed by atoms with E-state index in [1.807, 2.05) is 18.2 Å². The Bertz CT molecular complexity index is 940. The largest absolute Gasteiger partial charge is 0.467 e. The Labute approximate surface area is 151 Å². The van der Waals surface area contributed by atoms with Crippen molar-refractivity contribution in [2.45, 2.75) is 6.04 Å². The van der Waals surface area contributed by atoms with Crippen LogP contribution in [0.1, 0.15) is 22.0 Å². The van der Waals surface area contributed by atoms with Crippen molar-refractivity contribution in [1.29, 1.82) is 0 Å². The molecule has 0 radical (unpaired) electrons. The Hall–Kier alpha value is -2.87. The lowest BCUT2D eigenvalue weighted by Gasteiger charge is -2.20. The van der Waals surface area contributed by atoms with Crippen LogP contribution in [0.5, 0.6) is 0 Å². The molecular weight excluding hydrogens is 388 g/mol. The number of nitrogens with two attached hydrogens (primary N) is 1. The van der Waals surface area contributed by atoms with Gasteiger partial charge in [-0.1, -0.05) is 30.3 Å². The van der Waals surface area contributed by atoms with Crippen molar-refractivity contribution in [2.24, 2.45) is 5.73 Å². The fourth-order valence-corrected chi connectivity index (χ4v) is 2.96. The van der Waals surface area contributed by atoms with E-state index < -0.39 is 17.9 Å². The number of aromatic nitrogens is 2. The molecule has 0 aliphatic rings. The van der Waals surface area contributed by atoms with Crippen LogP contribution < -0.4 is 11.1 Å². The van der Waals surface area contributed by atoms with Crippen molar-refractivity contribution < 1.29 is 14.3 Å². The smallest absolute Gasteiger partial charge is 0.332 e. The number of ether oxygens (including phenoxy) is 1. The van der Waals surface area contributed by atoms with E-state index in [0.29, 0.717) is 16.8 Å². The number of esters is 1. The molecule has 0 aliphatic heterocycles. The number of nitrogens with zero attached hydrogens (tertiary/aromatic N) is 2. The summed E-state index contributed by atoms with van der Waals surface area (Å²) < 4.78 is 7.27. The van der Waals surface area contributed by atoms with Crippen LogP contribution in [0, 0.1) is 0 Å². The summed E-state index contributed by atoms with van der Waals surface area (Å²) in [5.74, 6) is -1.13. The van der Waals surface area contributed by atoms with Crippen molar-refractivity contribution in [3.05, 3.63) is 64.4 Å². The maximum atomic E-state index is 12.3. The Kier molecular flexibility index (Phi) is 4.71. The van der Waals surface area contributed by atoms with Gasteiger partial charge in [0.15, 0.2) is 6.04 Å². The van der Waals surface area contributed by atoms with Gasteiger partial charge in [-0.2, -0.15) is 5.10 Å². The highest BCUT2D eigenvalue weighted by molar-refractivity contribution is 9.10. The normalized spacial score (nSPS) is 11.9. The average molecular weight is 403 g/mol. The number of methoxy groups -OCH3 is 1. The molecule has 3 aromatic rings. The monoisotopic (exact) mass is 402 g/mol. The minimum atomic E-state index is -0.802. The van der Waals surface area contributed by atoms with Crippen molar-refractivity contribution in [3.8, 4) is 0 Å². The van der Waals surface area contributed by atoms with Crippen LogP contribution in [-0.2, 0) is 9.53 Å². The van der Waals surface area contributed by atoms with Gasteiger partial charge in [-0.05, 0) is 27.6 Å². The first-order valence-corrected chi connectivity index (χ1v) is 8.16. The third-order valence-electron chi connectivity index (χ3n) is 3.73. The molecule has 0 unspecified atom stereocenters. The molecule has 7 nitrogen and oxygen atoms in total. The molecule has 1 atom stereocenters. The minimum absolute atomic E-state index is 0.183. The van der Waals surface area contributed by atoms with Gasteiger partial charge in [0.1, 0.15) is 0 Å². The van der Waals surface area contributed by atoms with E-state index in [-0.39, 0.29) is 5.56 Å². The summed E-state index contributed by atoms with van der Waals surface area (Å²) in [6.45, 7) is 0. The van der Waals surface area contributed by atoms with Gasteiger partial charge in [0, 0.05) is 10.7 Å². The highest BCUT2D eigenvalue weighted by Crippen LogP contribution is 2.29. The number of fused-ring (bicyclic) bond motifs is 1. The number of hydrogen-bond donors (Lipinski definition) is 2. The maximum absolute atomic E-state index is 12.3. The van der Waals surface area contributed by atoms with Crippen LogP contribution in [0.15, 0.2) is 53.3 Å². The van der Waals surface area contributed by atoms with Gasteiger partial charge < -0.3 is 15.8 Å². The summed E-state index contributed by atoms with van der Waals surface area (Å²) in [6.07, 6.45) is 3.10. The van der Waals surface area contributed by atoms with Crippen molar-refractivity contribution >= 4 is 39.0 Å². The first-order valence-electron chi connectivity index (χ1n) is 7.37. The fourth-order valence-electron chi connectivity index (χ4n) is 2.55. The summed E-state index contributed by atoms with van der Waals surface area (Å²) in [6, 6.07) is 10.1. The second-order valence-electron chi connectivity index (χ2n) is 5.30. The predicted octanol–water partition coefficient (Wildman–Crippen LogP) is 2.52. The molecule has 1 amide bonds. The van der Waals surface area contributed by atoms with Crippen LogP contribution in [0.3, 0.4) is 0 Å². The number of nitrogens with one attached hydrogen (secondary N) is 1. The molecule has 0 spiro atoms. The Morgan fingerprint density at radius 2 is 2.04 bits per heavy atom. The fraction of sp³-hybridized carbons (Fsp3) is 0.118. The number of carbonyl (C=O) groups is 2. The van der Waals surface area contributed by atoms with Crippen LogP contribution in [0.2, 0.25) is 0 Å². The van der Waals surface area contributed by atoms with Crippen LogP contribution in [0.4, 0.5) is 5.69 Å². The van der Waals surface area contributed by atoms with Crippen molar-refractivity contribution in [2.75, 3.05) is 12.4 Å². The summed E-state index contributed by atoms with van der Waals surface area (Å²) in [7, 11) is 1.31. The van der Waals surface area contributed by atoms with E-state index in [2.05, 4.69) is 26.3 Å². The Morgan fingerprint density at radius 3 is 2.68 bits per heavy atom. The van der Waals surface area contributed by atoms with Crippen molar-refractivity contribution in [1.82, 2.24) is 9.61 Å². The standard InChI is InChI=1S/C17H15BrN4O3/c1-25-17(24)14(10-5-3-2-4-6-10)21-15-12(16(19)23)8-20-22-9-11(18)7-13(15)22/h2-9,14,21H,1H3,(H2,19,23)/t14-/m0/s1. The molecule has 3 N–H and O–H groups in total. The van der Waals surface area contributed by atoms with Gasteiger partial charge in [-0.25, -0.2) is 9.31 Å². The second-order valence-corrected chi connectivity index (χ2v) is 6.21. The third kappa shape index (κ3) is 3.34. The van der Waals surface area contributed by atoms with Crippen LogP contribution in [-0.4, -0.2) is 28.6 Å². The lowest BCUT2D eigenvalue weighted by molar-refractivity contribution is -0.141. The number of primary amides is 1. The summed E-state index contributed by atoms with van der Waals surface area (Å²) >= 11 is 3.38. The summed E-state index contributed by atoms with van der Waals surface area (Å²) in [5.41, 5.74) is 7.38. The molecule has 0 aliphatic carbocycles. The maximum Gasteiger partial charge on any atom is 0.332 e. The Balaban J connectivity index is 2.14.